The van der Waals surface area contributed by atoms with Gasteiger partial charge in [-0.15, -0.1) is 6.42 Å². The molecule has 2 aromatic carbocycles. The van der Waals surface area contributed by atoms with Crippen molar-refractivity contribution in [1.82, 2.24) is 5.32 Å². The van der Waals surface area contributed by atoms with E-state index in [1.165, 1.54) is 4.90 Å². The molecule has 1 aliphatic rings. The smallest absolute Gasteiger partial charge is 0.303 e. The number of nitrogens with one attached hydrogen (secondary N) is 1. The molecule has 3 rings (SSSR count). The van der Waals surface area contributed by atoms with Crippen molar-refractivity contribution < 1.29 is 14.7 Å². The van der Waals surface area contributed by atoms with Gasteiger partial charge in [-0.05, 0) is 55.4 Å². The summed E-state index contributed by atoms with van der Waals surface area (Å²) in [6.45, 7) is 0.331. The van der Waals surface area contributed by atoms with Crippen molar-refractivity contribution in [3.05, 3.63) is 65.2 Å². The first-order valence-corrected chi connectivity index (χ1v) is 9.91. The first-order valence-electron chi connectivity index (χ1n) is 9.53. The standard InChI is InChI=1S/C23H23ClN2O3/c1-2-21(28)26(19-10-6-9-18(24)15-19)23(13-11-20(27)12-14-23)22(29)25-16-17-7-4-3-5-8-17/h1,3-10,15,20,27H,11-14,16H2,(H,25,29)/t20-,23-. The summed E-state index contributed by atoms with van der Waals surface area (Å²) in [5.74, 6) is 1.24. The van der Waals surface area contributed by atoms with Crippen molar-refractivity contribution in [3.8, 4) is 12.3 Å². The summed E-state index contributed by atoms with van der Waals surface area (Å²) in [5.41, 5.74) is 0.221. The van der Waals surface area contributed by atoms with E-state index in [2.05, 4.69) is 11.2 Å². The maximum absolute atomic E-state index is 13.4. The molecule has 0 heterocycles. The first-order chi connectivity index (χ1) is 14.0. The lowest BCUT2D eigenvalue weighted by atomic mass is 9.77. The Kier molecular flexibility index (Phi) is 6.58. The third-order valence-corrected chi connectivity index (χ3v) is 5.56. The Balaban J connectivity index is 1.98. The van der Waals surface area contributed by atoms with Crippen molar-refractivity contribution in [1.29, 1.82) is 0 Å². The number of amides is 2. The number of hydrogen-bond donors (Lipinski definition) is 2. The van der Waals surface area contributed by atoms with E-state index in [4.69, 9.17) is 18.0 Å². The molecular weight excluding hydrogens is 388 g/mol. The molecule has 2 N–H and O–H groups in total. The van der Waals surface area contributed by atoms with Crippen LogP contribution in [0.4, 0.5) is 5.69 Å². The van der Waals surface area contributed by atoms with Crippen LogP contribution in [0.5, 0.6) is 0 Å². The molecule has 1 saturated carbocycles. The van der Waals surface area contributed by atoms with Crippen LogP contribution in [0.1, 0.15) is 31.2 Å². The summed E-state index contributed by atoms with van der Waals surface area (Å²) < 4.78 is 0. The van der Waals surface area contributed by atoms with Gasteiger partial charge in [-0.3, -0.25) is 14.5 Å². The zero-order chi connectivity index (χ0) is 20.9. The number of halogens is 1. The molecule has 29 heavy (non-hydrogen) atoms. The molecule has 0 bridgehead atoms. The number of terminal acetylenes is 1. The first kappa shape index (κ1) is 20.9. The molecular formula is C23H23ClN2O3. The van der Waals surface area contributed by atoms with Gasteiger partial charge in [0.05, 0.1) is 6.10 Å². The Labute approximate surface area is 175 Å². The van der Waals surface area contributed by atoms with Crippen LogP contribution in [0.25, 0.3) is 0 Å². The summed E-state index contributed by atoms with van der Waals surface area (Å²) in [7, 11) is 0. The zero-order valence-electron chi connectivity index (χ0n) is 16.0. The maximum Gasteiger partial charge on any atom is 0.303 e. The highest BCUT2D eigenvalue weighted by Gasteiger charge is 2.49. The highest BCUT2D eigenvalue weighted by atomic mass is 35.5. The number of benzene rings is 2. The minimum absolute atomic E-state index is 0.295. The fourth-order valence-corrected chi connectivity index (χ4v) is 4.00. The molecule has 0 atom stereocenters. The van der Waals surface area contributed by atoms with Gasteiger partial charge in [-0.1, -0.05) is 48.0 Å². The third-order valence-electron chi connectivity index (χ3n) is 5.32. The van der Waals surface area contributed by atoms with Gasteiger partial charge in [0.2, 0.25) is 5.91 Å². The average molecular weight is 411 g/mol. The summed E-state index contributed by atoms with van der Waals surface area (Å²) in [6.07, 6.45) is 6.34. The molecule has 1 fully saturated rings. The highest BCUT2D eigenvalue weighted by molar-refractivity contribution is 6.31. The molecule has 1 aliphatic carbocycles. The Morgan fingerprint density at radius 2 is 1.86 bits per heavy atom. The van der Waals surface area contributed by atoms with Crippen molar-refractivity contribution in [2.75, 3.05) is 4.90 Å². The van der Waals surface area contributed by atoms with Gasteiger partial charge in [0.15, 0.2) is 0 Å². The van der Waals surface area contributed by atoms with Crippen LogP contribution < -0.4 is 10.2 Å². The average Bonchev–Trinajstić information content (AvgIpc) is 2.74. The van der Waals surface area contributed by atoms with E-state index in [0.717, 1.165) is 5.56 Å². The maximum atomic E-state index is 13.4. The van der Waals surface area contributed by atoms with Gasteiger partial charge in [-0.2, -0.15) is 0 Å². The topological polar surface area (TPSA) is 69.6 Å². The number of rotatable bonds is 5. The fraction of sp³-hybridized carbons (Fsp3) is 0.304. The second-order valence-electron chi connectivity index (χ2n) is 7.20. The Morgan fingerprint density at radius 3 is 2.48 bits per heavy atom. The lowest BCUT2D eigenvalue weighted by Gasteiger charge is -2.45. The van der Waals surface area contributed by atoms with Crippen LogP contribution in [0.2, 0.25) is 5.02 Å². The number of carbonyl (C=O) groups is 2. The minimum Gasteiger partial charge on any atom is -0.393 e. The van der Waals surface area contributed by atoms with Gasteiger partial charge in [0, 0.05) is 17.3 Å². The Bertz CT molecular complexity index is 915. The van der Waals surface area contributed by atoms with Crippen molar-refractivity contribution in [3.63, 3.8) is 0 Å². The lowest BCUT2D eigenvalue weighted by Crippen LogP contribution is -2.62. The summed E-state index contributed by atoms with van der Waals surface area (Å²) >= 11 is 6.13. The van der Waals surface area contributed by atoms with Crippen LogP contribution in [0, 0.1) is 12.3 Å². The molecule has 2 aromatic rings. The highest BCUT2D eigenvalue weighted by Crippen LogP contribution is 2.38. The molecule has 0 aliphatic heterocycles. The number of carbonyl (C=O) groups excluding carboxylic acids is 2. The van der Waals surface area contributed by atoms with E-state index in [9.17, 15) is 14.7 Å². The summed E-state index contributed by atoms with van der Waals surface area (Å²) in [5, 5.41) is 13.4. The molecule has 6 heteroatoms. The van der Waals surface area contributed by atoms with Crippen molar-refractivity contribution in [2.45, 2.75) is 43.9 Å². The largest absolute Gasteiger partial charge is 0.393 e. The predicted octanol–water partition coefficient (Wildman–Crippen LogP) is 3.30. The molecule has 150 valence electrons. The minimum atomic E-state index is -1.19. The van der Waals surface area contributed by atoms with E-state index in [0.29, 0.717) is 42.9 Å². The molecule has 0 aromatic heterocycles. The number of hydrogen-bond acceptors (Lipinski definition) is 3. The van der Waals surface area contributed by atoms with Gasteiger partial charge in [-0.25, -0.2) is 0 Å². The Hall–Kier alpha value is -2.81. The Morgan fingerprint density at radius 1 is 1.17 bits per heavy atom. The molecule has 5 nitrogen and oxygen atoms in total. The number of aliphatic hydroxyl groups is 1. The van der Waals surface area contributed by atoms with E-state index in [-0.39, 0.29) is 5.91 Å². The third kappa shape index (κ3) is 4.61. The molecule has 0 saturated heterocycles. The second kappa shape index (κ2) is 9.13. The monoisotopic (exact) mass is 410 g/mol. The van der Waals surface area contributed by atoms with Gasteiger partial charge < -0.3 is 10.4 Å². The SMILES string of the molecule is C#CC(=O)N(c1cccc(Cl)c1)[C@]1(C(=O)NCc2ccccc2)CC[C@@H](O)CC1. The quantitative estimate of drug-likeness (QED) is 0.743. The second-order valence-corrected chi connectivity index (χ2v) is 7.63. The van der Waals surface area contributed by atoms with E-state index in [1.807, 2.05) is 30.3 Å². The van der Waals surface area contributed by atoms with Crippen LogP contribution in [0.15, 0.2) is 54.6 Å². The normalized spacial score (nSPS) is 21.1. The van der Waals surface area contributed by atoms with E-state index >= 15 is 0 Å². The van der Waals surface area contributed by atoms with Gasteiger partial charge in [0.1, 0.15) is 5.54 Å². The lowest BCUT2D eigenvalue weighted by molar-refractivity contribution is -0.131. The molecule has 2 amide bonds. The summed E-state index contributed by atoms with van der Waals surface area (Å²) in [6, 6.07) is 16.3. The molecule has 0 spiro atoms. The van der Waals surface area contributed by atoms with Crippen LogP contribution >= 0.6 is 11.6 Å². The molecule has 0 unspecified atom stereocenters. The van der Waals surface area contributed by atoms with Crippen LogP contribution in [0.3, 0.4) is 0 Å². The predicted molar refractivity (Wildman–Crippen MR) is 113 cm³/mol. The summed E-state index contributed by atoms with van der Waals surface area (Å²) in [4.78, 5) is 27.6. The van der Waals surface area contributed by atoms with Crippen molar-refractivity contribution in [2.24, 2.45) is 0 Å². The number of anilines is 1. The zero-order valence-corrected chi connectivity index (χ0v) is 16.7. The van der Waals surface area contributed by atoms with Gasteiger partial charge in [0.25, 0.3) is 0 Å². The number of nitrogens with zero attached hydrogens (tertiary/aromatic N) is 1. The molecule has 0 radical (unpaired) electrons. The van der Waals surface area contributed by atoms with Gasteiger partial charge >= 0.3 is 5.91 Å². The van der Waals surface area contributed by atoms with E-state index in [1.54, 1.807) is 24.3 Å². The van der Waals surface area contributed by atoms with E-state index < -0.39 is 17.6 Å². The fourth-order valence-electron chi connectivity index (χ4n) is 3.81. The van der Waals surface area contributed by atoms with Crippen LogP contribution in [-0.4, -0.2) is 28.6 Å². The number of aliphatic hydroxyl groups excluding tert-OH is 1. The van der Waals surface area contributed by atoms with Crippen LogP contribution in [-0.2, 0) is 16.1 Å². The van der Waals surface area contributed by atoms with Crippen molar-refractivity contribution >= 4 is 29.1 Å².